The molecule has 0 bridgehead atoms. The van der Waals surface area contributed by atoms with Crippen LogP contribution >= 0.6 is 0 Å². The number of nitrogens with zero attached hydrogens (tertiary/aromatic N) is 1. The van der Waals surface area contributed by atoms with E-state index in [4.69, 9.17) is 4.74 Å². The monoisotopic (exact) mass is 245 g/mol. The number of aryl methyl sites for hydroxylation is 1. The van der Waals surface area contributed by atoms with Crippen molar-refractivity contribution < 1.29 is 9.53 Å². The molecule has 1 aromatic heterocycles. The molecule has 2 rings (SSSR count). The molecule has 1 heterocycles. The summed E-state index contributed by atoms with van der Waals surface area (Å²) in [6.45, 7) is 0. The molecule has 18 heavy (non-hydrogen) atoms. The van der Waals surface area contributed by atoms with Gasteiger partial charge in [-0.05, 0) is 18.6 Å². The first kappa shape index (κ1) is 12.2. The van der Waals surface area contributed by atoms with E-state index in [0.717, 1.165) is 5.69 Å². The number of hydrogen-bond acceptors (Lipinski definition) is 3. The number of aromatic nitrogens is 2. The normalized spacial score (nSPS) is 10.1. The van der Waals surface area contributed by atoms with Crippen molar-refractivity contribution in [2.45, 2.75) is 12.8 Å². The van der Waals surface area contributed by atoms with E-state index in [1.807, 2.05) is 24.3 Å². The van der Waals surface area contributed by atoms with Gasteiger partial charge >= 0.3 is 0 Å². The van der Waals surface area contributed by atoms with Gasteiger partial charge in [-0.25, -0.2) is 4.98 Å². The molecule has 1 amide bonds. The first-order chi connectivity index (χ1) is 8.79. The number of para-hydroxylation sites is 2. The van der Waals surface area contributed by atoms with Crippen molar-refractivity contribution in [3.63, 3.8) is 0 Å². The van der Waals surface area contributed by atoms with Crippen molar-refractivity contribution in [2.75, 3.05) is 12.4 Å². The second-order valence-corrected chi connectivity index (χ2v) is 3.81. The van der Waals surface area contributed by atoms with Gasteiger partial charge < -0.3 is 15.0 Å². The van der Waals surface area contributed by atoms with Crippen molar-refractivity contribution in [1.29, 1.82) is 0 Å². The van der Waals surface area contributed by atoms with Gasteiger partial charge in [0.05, 0.1) is 24.8 Å². The van der Waals surface area contributed by atoms with Crippen LogP contribution in [0.3, 0.4) is 0 Å². The number of carbonyl (C=O) groups is 1. The largest absolute Gasteiger partial charge is 0.495 e. The summed E-state index contributed by atoms with van der Waals surface area (Å²) in [5, 5.41) is 2.82. The Kier molecular flexibility index (Phi) is 3.96. The van der Waals surface area contributed by atoms with Crippen LogP contribution in [0.2, 0.25) is 0 Å². The van der Waals surface area contributed by atoms with Crippen LogP contribution in [0, 0.1) is 0 Å². The maximum Gasteiger partial charge on any atom is 0.224 e. The number of imidazole rings is 1. The highest BCUT2D eigenvalue weighted by atomic mass is 16.5. The van der Waals surface area contributed by atoms with Crippen molar-refractivity contribution in [1.82, 2.24) is 9.97 Å². The Bertz CT molecular complexity index is 509. The van der Waals surface area contributed by atoms with Crippen LogP contribution in [-0.2, 0) is 11.2 Å². The number of benzene rings is 1. The minimum atomic E-state index is -0.0532. The second kappa shape index (κ2) is 5.86. The van der Waals surface area contributed by atoms with Crippen LogP contribution in [0.1, 0.15) is 12.1 Å². The molecule has 5 nitrogen and oxygen atoms in total. The molecule has 0 saturated carbocycles. The van der Waals surface area contributed by atoms with Gasteiger partial charge in [0, 0.05) is 12.6 Å². The summed E-state index contributed by atoms with van der Waals surface area (Å²) in [5.41, 5.74) is 1.57. The van der Waals surface area contributed by atoms with Gasteiger partial charge in [0.25, 0.3) is 0 Å². The van der Waals surface area contributed by atoms with E-state index in [0.29, 0.717) is 24.3 Å². The molecule has 1 aromatic carbocycles. The Morgan fingerprint density at radius 1 is 1.44 bits per heavy atom. The number of anilines is 1. The molecule has 0 radical (unpaired) electrons. The van der Waals surface area contributed by atoms with Gasteiger partial charge in [-0.3, -0.25) is 4.79 Å². The van der Waals surface area contributed by atoms with Crippen LogP contribution in [0.4, 0.5) is 5.69 Å². The molecule has 0 aliphatic carbocycles. The van der Waals surface area contributed by atoms with E-state index in [1.54, 1.807) is 19.6 Å². The zero-order valence-corrected chi connectivity index (χ0v) is 10.1. The van der Waals surface area contributed by atoms with E-state index in [-0.39, 0.29) is 5.91 Å². The summed E-state index contributed by atoms with van der Waals surface area (Å²) < 4.78 is 5.16. The molecule has 94 valence electrons. The van der Waals surface area contributed by atoms with Crippen LogP contribution < -0.4 is 10.1 Å². The predicted molar refractivity (Wildman–Crippen MR) is 68.5 cm³/mol. The van der Waals surface area contributed by atoms with Crippen molar-refractivity contribution >= 4 is 11.6 Å². The van der Waals surface area contributed by atoms with Crippen molar-refractivity contribution in [3.8, 4) is 5.75 Å². The fourth-order valence-electron chi connectivity index (χ4n) is 1.63. The Morgan fingerprint density at radius 3 is 3.00 bits per heavy atom. The SMILES string of the molecule is COc1ccccc1NC(=O)CCc1c[nH]cn1. The van der Waals surface area contributed by atoms with Crippen molar-refractivity contribution in [2.24, 2.45) is 0 Å². The number of ether oxygens (including phenoxy) is 1. The number of rotatable bonds is 5. The van der Waals surface area contributed by atoms with Gasteiger partial charge in [-0.1, -0.05) is 12.1 Å². The molecule has 2 N–H and O–H groups in total. The fourth-order valence-corrected chi connectivity index (χ4v) is 1.63. The summed E-state index contributed by atoms with van der Waals surface area (Å²) in [4.78, 5) is 18.7. The minimum Gasteiger partial charge on any atom is -0.495 e. The average Bonchev–Trinajstić information content (AvgIpc) is 2.90. The van der Waals surface area contributed by atoms with Crippen LogP contribution in [0.25, 0.3) is 0 Å². The molecule has 0 fully saturated rings. The van der Waals surface area contributed by atoms with E-state index in [2.05, 4.69) is 15.3 Å². The van der Waals surface area contributed by atoms with Gasteiger partial charge in [0.15, 0.2) is 0 Å². The Hall–Kier alpha value is -2.30. The van der Waals surface area contributed by atoms with Crippen LogP contribution in [0.5, 0.6) is 5.75 Å². The van der Waals surface area contributed by atoms with E-state index in [9.17, 15) is 4.79 Å². The summed E-state index contributed by atoms with van der Waals surface area (Å²) in [7, 11) is 1.58. The quantitative estimate of drug-likeness (QED) is 0.846. The van der Waals surface area contributed by atoms with Gasteiger partial charge in [0.2, 0.25) is 5.91 Å². The minimum absolute atomic E-state index is 0.0532. The lowest BCUT2D eigenvalue weighted by Crippen LogP contribution is -2.13. The number of aromatic amines is 1. The Labute approximate surface area is 105 Å². The standard InChI is InChI=1S/C13H15N3O2/c1-18-12-5-3-2-4-11(12)16-13(17)7-6-10-8-14-9-15-10/h2-5,8-9H,6-7H2,1H3,(H,14,15)(H,16,17). The third kappa shape index (κ3) is 3.10. The first-order valence-electron chi connectivity index (χ1n) is 5.70. The molecule has 0 aliphatic heterocycles. The number of hydrogen-bond donors (Lipinski definition) is 2. The summed E-state index contributed by atoms with van der Waals surface area (Å²) in [5.74, 6) is 0.605. The van der Waals surface area contributed by atoms with E-state index in [1.165, 1.54) is 0 Å². The molecule has 0 aliphatic rings. The highest BCUT2D eigenvalue weighted by molar-refractivity contribution is 5.92. The number of nitrogens with one attached hydrogen (secondary N) is 2. The molecule has 2 aromatic rings. The Morgan fingerprint density at radius 2 is 2.28 bits per heavy atom. The van der Waals surface area contributed by atoms with Crippen molar-refractivity contribution in [3.05, 3.63) is 42.5 Å². The lowest BCUT2D eigenvalue weighted by Gasteiger charge is -2.09. The number of methoxy groups -OCH3 is 1. The summed E-state index contributed by atoms with van der Waals surface area (Å²) in [6.07, 6.45) is 4.40. The molecule has 0 atom stereocenters. The topological polar surface area (TPSA) is 67.0 Å². The molecular weight excluding hydrogens is 230 g/mol. The molecule has 5 heteroatoms. The van der Waals surface area contributed by atoms with Crippen LogP contribution in [0.15, 0.2) is 36.8 Å². The van der Waals surface area contributed by atoms with Crippen LogP contribution in [-0.4, -0.2) is 23.0 Å². The van der Waals surface area contributed by atoms with E-state index < -0.39 is 0 Å². The molecule has 0 saturated heterocycles. The maximum atomic E-state index is 11.8. The van der Waals surface area contributed by atoms with Gasteiger partial charge in [-0.15, -0.1) is 0 Å². The molecule has 0 spiro atoms. The second-order valence-electron chi connectivity index (χ2n) is 3.81. The smallest absolute Gasteiger partial charge is 0.224 e. The van der Waals surface area contributed by atoms with Gasteiger partial charge in [-0.2, -0.15) is 0 Å². The number of carbonyl (C=O) groups excluding carboxylic acids is 1. The average molecular weight is 245 g/mol. The third-order valence-corrected chi connectivity index (χ3v) is 2.54. The number of amides is 1. The lowest BCUT2D eigenvalue weighted by molar-refractivity contribution is -0.116. The maximum absolute atomic E-state index is 11.8. The zero-order valence-electron chi connectivity index (χ0n) is 10.1. The first-order valence-corrected chi connectivity index (χ1v) is 5.70. The molecule has 0 unspecified atom stereocenters. The zero-order chi connectivity index (χ0) is 12.8. The van der Waals surface area contributed by atoms with E-state index >= 15 is 0 Å². The number of H-pyrrole nitrogens is 1. The van der Waals surface area contributed by atoms with Gasteiger partial charge in [0.1, 0.15) is 5.75 Å². The molecular formula is C13H15N3O2. The summed E-state index contributed by atoms with van der Waals surface area (Å²) in [6, 6.07) is 7.33. The lowest BCUT2D eigenvalue weighted by atomic mass is 10.2. The third-order valence-electron chi connectivity index (χ3n) is 2.54. The fraction of sp³-hybridized carbons (Fsp3) is 0.231. The predicted octanol–water partition coefficient (Wildman–Crippen LogP) is 1.99. The highest BCUT2D eigenvalue weighted by Gasteiger charge is 2.07. The Balaban J connectivity index is 1.90. The highest BCUT2D eigenvalue weighted by Crippen LogP contribution is 2.23. The summed E-state index contributed by atoms with van der Waals surface area (Å²) >= 11 is 0.